The van der Waals surface area contributed by atoms with Gasteiger partial charge in [0.2, 0.25) is 0 Å². The van der Waals surface area contributed by atoms with Gasteiger partial charge in [-0.25, -0.2) is 8.42 Å². The Morgan fingerprint density at radius 2 is 1.62 bits per heavy atom. The van der Waals surface area contributed by atoms with Crippen molar-refractivity contribution in [1.82, 2.24) is 10.2 Å². The summed E-state index contributed by atoms with van der Waals surface area (Å²) in [5.41, 5.74) is 3.23. The van der Waals surface area contributed by atoms with Gasteiger partial charge >= 0.3 is 0 Å². The molecule has 0 bridgehead atoms. The van der Waals surface area contributed by atoms with Gasteiger partial charge in [-0.05, 0) is 54.8 Å². The third-order valence-corrected chi connectivity index (χ3v) is 5.28. The van der Waals surface area contributed by atoms with Crippen LogP contribution in [0.3, 0.4) is 0 Å². The molecule has 0 fully saturated rings. The van der Waals surface area contributed by atoms with Gasteiger partial charge in [-0.15, -0.1) is 10.2 Å². The summed E-state index contributed by atoms with van der Waals surface area (Å²) in [7, 11) is -3.68. The van der Waals surface area contributed by atoms with E-state index in [9.17, 15) is 8.42 Å². The Morgan fingerprint density at radius 1 is 0.885 bits per heavy atom. The number of anilines is 2. The fraction of sp³-hybridized carbons (Fsp3) is 0.158. The van der Waals surface area contributed by atoms with Crippen LogP contribution >= 0.6 is 0 Å². The van der Waals surface area contributed by atoms with Gasteiger partial charge in [-0.1, -0.05) is 36.4 Å². The molecule has 0 unspecified atom stereocenters. The number of hydrogen-bond donors (Lipinski definition) is 2. The third-order valence-electron chi connectivity index (χ3n) is 3.92. The molecule has 2 N–H and O–H groups in total. The molecule has 0 aliphatic heterocycles. The second-order valence-corrected chi connectivity index (χ2v) is 7.69. The minimum absolute atomic E-state index is 0.174. The van der Waals surface area contributed by atoms with Gasteiger partial charge in [0, 0.05) is 6.54 Å². The molecule has 0 amide bonds. The first-order valence-corrected chi connectivity index (χ1v) is 9.64. The zero-order valence-electron chi connectivity index (χ0n) is 14.6. The molecule has 0 radical (unpaired) electrons. The van der Waals surface area contributed by atoms with Crippen molar-refractivity contribution >= 4 is 21.7 Å². The van der Waals surface area contributed by atoms with Crippen molar-refractivity contribution in [2.75, 3.05) is 10.0 Å². The molecule has 3 rings (SSSR count). The lowest BCUT2D eigenvalue weighted by atomic mass is 10.1. The second-order valence-electron chi connectivity index (χ2n) is 6.01. The predicted octanol–water partition coefficient (Wildman–Crippen LogP) is 3.51. The van der Waals surface area contributed by atoms with E-state index >= 15 is 0 Å². The zero-order valence-corrected chi connectivity index (χ0v) is 15.4. The number of aryl methyl sites for hydroxylation is 2. The number of nitrogens with one attached hydrogen (secondary N) is 2. The summed E-state index contributed by atoms with van der Waals surface area (Å²) in [5, 5.41) is 11.2. The molecule has 1 aromatic heterocycles. The molecule has 0 saturated carbocycles. The average molecular weight is 368 g/mol. The van der Waals surface area contributed by atoms with Crippen molar-refractivity contribution in [3.05, 3.63) is 77.4 Å². The summed E-state index contributed by atoms with van der Waals surface area (Å²) in [5.74, 6) is 0.750. The van der Waals surface area contributed by atoms with Crippen LogP contribution in [-0.4, -0.2) is 18.6 Å². The zero-order chi connectivity index (χ0) is 18.6. The highest BCUT2D eigenvalue weighted by molar-refractivity contribution is 7.92. The predicted molar refractivity (Wildman–Crippen MR) is 103 cm³/mol. The standard InChI is InChI=1S/C19H20N4O2S/c1-14-6-5-9-17(12-14)26(24,25)23-19-11-10-18(21-22-19)20-13-16-8-4-3-7-15(16)2/h3-12H,13H2,1-2H3,(H,20,21)(H,22,23). The first-order chi connectivity index (χ1) is 12.4. The monoisotopic (exact) mass is 368 g/mol. The maximum absolute atomic E-state index is 12.4. The minimum Gasteiger partial charge on any atom is -0.364 e. The first-order valence-electron chi connectivity index (χ1n) is 8.16. The summed E-state index contributed by atoms with van der Waals surface area (Å²) < 4.78 is 27.2. The summed E-state index contributed by atoms with van der Waals surface area (Å²) in [6.45, 7) is 4.51. The molecule has 0 aliphatic carbocycles. The number of benzene rings is 2. The smallest absolute Gasteiger partial charge is 0.263 e. The van der Waals surface area contributed by atoms with Crippen LogP contribution in [0, 0.1) is 13.8 Å². The van der Waals surface area contributed by atoms with Crippen LogP contribution in [0.1, 0.15) is 16.7 Å². The molecule has 0 atom stereocenters. The molecule has 0 saturated heterocycles. The van der Waals surface area contributed by atoms with E-state index in [2.05, 4.69) is 20.2 Å². The van der Waals surface area contributed by atoms with E-state index in [1.165, 1.54) is 11.1 Å². The van der Waals surface area contributed by atoms with E-state index < -0.39 is 10.0 Å². The number of aromatic nitrogens is 2. The molecule has 1 heterocycles. The van der Waals surface area contributed by atoms with Crippen LogP contribution in [0.2, 0.25) is 0 Å². The quantitative estimate of drug-likeness (QED) is 0.696. The van der Waals surface area contributed by atoms with Crippen LogP contribution in [-0.2, 0) is 16.6 Å². The second kappa shape index (κ2) is 7.53. The Labute approximate surface area is 153 Å². The van der Waals surface area contributed by atoms with E-state index in [0.717, 1.165) is 5.56 Å². The van der Waals surface area contributed by atoms with E-state index in [4.69, 9.17) is 0 Å². The maximum atomic E-state index is 12.4. The van der Waals surface area contributed by atoms with Gasteiger partial charge in [0.05, 0.1) is 4.90 Å². The van der Waals surface area contributed by atoms with Crippen LogP contribution < -0.4 is 10.0 Å². The highest BCUT2D eigenvalue weighted by Crippen LogP contribution is 2.16. The molecule has 7 heteroatoms. The summed E-state index contributed by atoms with van der Waals surface area (Å²) >= 11 is 0. The number of nitrogens with zero attached hydrogens (tertiary/aromatic N) is 2. The van der Waals surface area contributed by atoms with E-state index in [-0.39, 0.29) is 10.7 Å². The molecular formula is C19H20N4O2S. The Morgan fingerprint density at radius 3 is 2.31 bits per heavy atom. The van der Waals surface area contributed by atoms with Gasteiger partial charge in [0.1, 0.15) is 5.82 Å². The van der Waals surface area contributed by atoms with Crippen molar-refractivity contribution < 1.29 is 8.42 Å². The first kappa shape index (κ1) is 17.9. The van der Waals surface area contributed by atoms with Crippen molar-refractivity contribution in [2.45, 2.75) is 25.3 Å². The molecule has 0 spiro atoms. The Balaban J connectivity index is 1.67. The SMILES string of the molecule is Cc1cccc(S(=O)(=O)Nc2ccc(NCc3ccccc3C)nn2)c1. The molecule has 0 aliphatic rings. The van der Waals surface area contributed by atoms with Crippen molar-refractivity contribution in [2.24, 2.45) is 0 Å². The fourth-order valence-electron chi connectivity index (χ4n) is 2.45. The molecular weight excluding hydrogens is 348 g/mol. The topological polar surface area (TPSA) is 84.0 Å². The Hall–Kier alpha value is -2.93. The van der Waals surface area contributed by atoms with Gasteiger partial charge in [-0.2, -0.15) is 0 Å². The van der Waals surface area contributed by atoms with Crippen molar-refractivity contribution in [1.29, 1.82) is 0 Å². The van der Waals surface area contributed by atoms with Crippen LogP contribution in [0.25, 0.3) is 0 Å². The fourth-order valence-corrected chi connectivity index (χ4v) is 3.56. The third kappa shape index (κ3) is 4.37. The van der Waals surface area contributed by atoms with Crippen LogP contribution in [0.15, 0.2) is 65.6 Å². The highest BCUT2D eigenvalue weighted by Gasteiger charge is 2.15. The van der Waals surface area contributed by atoms with E-state index in [0.29, 0.717) is 12.4 Å². The van der Waals surface area contributed by atoms with Crippen molar-refractivity contribution in [3.63, 3.8) is 0 Å². The van der Waals surface area contributed by atoms with Crippen LogP contribution in [0.4, 0.5) is 11.6 Å². The van der Waals surface area contributed by atoms with E-state index in [1.807, 2.05) is 44.2 Å². The molecule has 26 heavy (non-hydrogen) atoms. The number of rotatable bonds is 6. The van der Waals surface area contributed by atoms with Gasteiger partial charge < -0.3 is 5.32 Å². The molecule has 2 aromatic carbocycles. The maximum Gasteiger partial charge on any atom is 0.263 e. The van der Waals surface area contributed by atoms with Gasteiger partial charge in [-0.3, -0.25) is 4.72 Å². The summed E-state index contributed by atoms with van der Waals surface area (Å²) in [6, 6.07) is 18.0. The normalized spacial score (nSPS) is 11.2. The van der Waals surface area contributed by atoms with E-state index in [1.54, 1.807) is 30.3 Å². The highest BCUT2D eigenvalue weighted by atomic mass is 32.2. The molecule has 6 nitrogen and oxygen atoms in total. The molecule has 134 valence electrons. The largest absolute Gasteiger partial charge is 0.364 e. The number of sulfonamides is 1. The van der Waals surface area contributed by atoms with Crippen molar-refractivity contribution in [3.8, 4) is 0 Å². The Bertz CT molecular complexity index is 1000. The summed E-state index contributed by atoms with van der Waals surface area (Å²) in [4.78, 5) is 0.195. The Kier molecular flexibility index (Phi) is 5.18. The summed E-state index contributed by atoms with van der Waals surface area (Å²) in [6.07, 6.45) is 0. The van der Waals surface area contributed by atoms with Gasteiger partial charge in [0.25, 0.3) is 10.0 Å². The van der Waals surface area contributed by atoms with Gasteiger partial charge in [0.15, 0.2) is 5.82 Å². The lowest BCUT2D eigenvalue weighted by Gasteiger charge is -2.09. The average Bonchev–Trinajstić information content (AvgIpc) is 2.62. The van der Waals surface area contributed by atoms with Crippen LogP contribution in [0.5, 0.6) is 0 Å². The number of hydrogen-bond acceptors (Lipinski definition) is 5. The lowest BCUT2D eigenvalue weighted by molar-refractivity contribution is 0.601. The minimum atomic E-state index is -3.68. The molecule has 3 aromatic rings. The lowest BCUT2D eigenvalue weighted by Crippen LogP contribution is -2.14.